The summed E-state index contributed by atoms with van der Waals surface area (Å²) < 4.78 is 0. The summed E-state index contributed by atoms with van der Waals surface area (Å²) in [7, 11) is 0. The van der Waals surface area contributed by atoms with Crippen LogP contribution >= 0.6 is 82.3 Å². The second kappa shape index (κ2) is 29.0. The van der Waals surface area contributed by atoms with Gasteiger partial charge in [0, 0.05) is 5.25 Å². The zero-order valence-corrected chi connectivity index (χ0v) is 45.6. The lowest BCUT2D eigenvalue weighted by Crippen LogP contribution is -2.23. The van der Waals surface area contributed by atoms with Crippen LogP contribution in [0.25, 0.3) is 0 Å². The molecule has 14 bridgehead atoms. The molecular weight excluding hydrogens is 885 g/mol. The molecule has 0 aromatic rings. The number of hydrogen-bond acceptors (Lipinski definition) is 7. The summed E-state index contributed by atoms with van der Waals surface area (Å²) in [5, 5.41) is 0.983. The molecule has 18 rings (SSSR count). The van der Waals surface area contributed by atoms with E-state index in [1.54, 1.807) is 0 Å². The Morgan fingerprint density at radius 2 is 0.274 bits per heavy atom. The third-order valence-electron chi connectivity index (χ3n) is 18.4. The lowest BCUT2D eigenvalue weighted by molar-refractivity contribution is 0.306. The molecule has 7 heteroatoms. The van der Waals surface area contributed by atoms with E-state index < -0.39 is 0 Å². The molecule has 0 aromatic carbocycles. The summed E-state index contributed by atoms with van der Waals surface area (Å²) in [4.78, 5) is 0. The van der Waals surface area contributed by atoms with Crippen LogP contribution in [0.1, 0.15) is 180 Å². The largest absolute Gasteiger partial charge is 0.161 e. The molecule has 7 aliphatic carbocycles. The van der Waals surface area contributed by atoms with E-state index in [2.05, 4.69) is 82.3 Å². The average Bonchev–Trinajstić information content (AvgIpc) is 3.31. The molecule has 7 saturated carbocycles. The molecule has 11 aliphatic heterocycles. The SMILES string of the molecule is C1C[C@H]2CC[C@@H]1CSC[C@@H]1CC[C@@H](CC1)CSC[C@@H]1CC[C@@H](CC1)CSC[C@@H]1CC[C@@H](CC1)CS[C@H]1CC[C@H](CC1)CSC[C@H]1CC[C@H](CC1)CSC[C@H]1CC[C@H](CC1)CSC2. The highest BCUT2D eigenvalue weighted by Gasteiger charge is 2.30. The van der Waals surface area contributed by atoms with Gasteiger partial charge in [0.05, 0.1) is 0 Å². The fourth-order valence-electron chi connectivity index (χ4n) is 13.5. The molecule has 62 heavy (non-hydrogen) atoms. The van der Waals surface area contributed by atoms with E-state index in [1.807, 2.05) is 0 Å². The van der Waals surface area contributed by atoms with E-state index in [4.69, 9.17) is 0 Å². The third kappa shape index (κ3) is 18.3. The van der Waals surface area contributed by atoms with Crippen molar-refractivity contribution >= 4 is 82.3 Å². The van der Waals surface area contributed by atoms with E-state index in [9.17, 15) is 0 Å². The number of thioether (sulfide) groups is 7. The Bertz CT molecular complexity index is 1050. The molecule has 0 atom stereocenters. The van der Waals surface area contributed by atoms with Crippen LogP contribution < -0.4 is 0 Å². The van der Waals surface area contributed by atoms with Crippen LogP contribution in [0.4, 0.5) is 0 Å². The van der Waals surface area contributed by atoms with Gasteiger partial charge >= 0.3 is 0 Å². The maximum absolute atomic E-state index is 2.41. The first kappa shape index (κ1) is 50.8. The highest BCUT2D eigenvalue weighted by Crippen LogP contribution is 2.42. The summed E-state index contributed by atoms with van der Waals surface area (Å²) in [6, 6.07) is 0. The first-order valence-electron chi connectivity index (χ1n) is 27.7. The van der Waals surface area contributed by atoms with Crippen LogP contribution in [0.15, 0.2) is 0 Å². The van der Waals surface area contributed by atoms with Crippen LogP contribution in [-0.4, -0.2) is 80.0 Å². The van der Waals surface area contributed by atoms with Crippen molar-refractivity contribution < 1.29 is 0 Å². The molecule has 0 unspecified atom stereocenters. The zero-order chi connectivity index (χ0) is 42.0. The van der Waals surface area contributed by atoms with Crippen molar-refractivity contribution in [2.24, 2.45) is 76.9 Å². The average molecular weight is 982 g/mol. The topological polar surface area (TPSA) is 0 Å². The van der Waals surface area contributed by atoms with E-state index >= 15 is 0 Å². The van der Waals surface area contributed by atoms with E-state index in [0.717, 1.165) is 82.2 Å². The van der Waals surface area contributed by atoms with Gasteiger partial charge < -0.3 is 0 Å². The minimum atomic E-state index is 0.983. The molecule has 18 fully saturated rings. The van der Waals surface area contributed by atoms with Crippen LogP contribution in [0.3, 0.4) is 0 Å². The van der Waals surface area contributed by atoms with Gasteiger partial charge in [-0.3, -0.25) is 0 Å². The van der Waals surface area contributed by atoms with Crippen molar-refractivity contribution in [1.29, 1.82) is 0 Å². The molecule has 358 valence electrons. The Morgan fingerprint density at radius 3 is 0.435 bits per heavy atom. The van der Waals surface area contributed by atoms with Crippen LogP contribution in [0, 0.1) is 76.9 Å². The molecule has 0 radical (unpaired) electrons. The Morgan fingerprint density at radius 1 is 0.145 bits per heavy atom. The summed E-state index contributed by atoms with van der Waals surface area (Å²) >= 11 is 16.6. The highest BCUT2D eigenvalue weighted by molar-refractivity contribution is 8.00. The predicted molar refractivity (Wildman–Crippen MR) is 295 cm³/mol. The molecule has 0 spiro atoms. The molecular formula is C55H96S7. The maximum Gasteiger partial charge on any atom is 0.00473 e. The minimum Gasteiger partial charge on any atom is -0.161 e. The van der Waals surface area contributed by atoms with Gasteiger partial charge in [0.25, 0.3) is 0 Å². The summed E-state index contributed by atoms with van der Waals surface area (Å²) in [6.07, 6.45) is 42.9. The standard InChI is InChI=1S/C55H96S7/c1-3-43-4-2-42(1)29-56-31-44-5-7-46(8-6-44)33-58-35-48-13-15-50(16-14-48)37-60-39-52-21-23-54(24-22-52)41-62-55-27-25-53(26-28-55)40-61-38-51-19-17-49(18-20-51)36-59-34-47-11-9-45(10-12-47)32-57-30-43/h42-55H,1-41H2/t42-,43+,44-,45-,46+,47+,48-,49-,50+,51+,52-,53-,54+,55+. The Kier molecular flexibility index (Phi) is 23.7. The van der Waals surface area contributed by atoms with Gasteiger partial charge in [-0.05, 0) is 332 Å². The van der Waals surface area contributed by atoms with E-state index in [0.29, 0.717) is 0 Å². The normalized spacial score (nSPS) is 43.0. The van der Waals surface area contributed by atoms with Crippen LogP contribution in [0.5, 0.6) is 0 Å². The Labute approximate surface area is 415 Å². The van der Waals surface area contributed by atoms with Crippen molar-refractivity contribution in [1.82, 2.24) is 0 Å². The Hall–Kier alpha value is 2.45. The van der Waals surface area contributed by atoms with Crippen molar-refractivity contribution in [3.63, 3.8) is 0 Å². The smallest absolute Gasteiger partial charge is 0.00473 e. The van der Waals surface area contributed by atoms with Gasteiger partial charge in [-0.2, -0.15) is 82.3 Å². The molecule has 0 aromatic heterocycles. The van der Waals surface area contributed by atoms with Gasteiger partial charge in [-0.1, -0.05) is 0 Å². The monoisotopic (exact) mass is 981 g/mol. The van der Waals surface area contributed by atoms with E-state index in [1.165, 1.54) is 255 Å². The van der Waals surface area contributed by atoms with Crippen molar-refractivity contribution in [3.05, 3.63) is 0 Å². The van der Waals surface area contributed by atoms with Crippen molar-refractivity contribution in [2.75, 3.05) is 74.8 Å². The molecule has 0 N–H and O–H groups in total. The molecule has 11 saturated heterocycles. The van der Waals surface area contributed by atoms with Gasteiger partial charge in [-0.15, -0.1) is 0 Å². The van der Waals surface area contributed by atoms with Gasteiger partial charge in [0.1, 0.15) is 0 Å². The van der Waals surface area contributed by atoms with E-state index in [-0.39, 0.29) is 0 Å². The second-order valence-corrected chi connectivity index (χ2v) is 31.3. The molecule has 18 aliphatic rings. The first-order valence-corrected chi connectivity index (χ1v) is 35.7. The summed E-state index contributed by atoms with van der Waals surface area (Å²) in [5.74, 6) is 32.5. The quantitative estimate of drug-likeness (QED) is 0.234. The van der Waals surface area contributed by atoms with Crippen LogP contribution in [0.2, 0.25) is 0 Å². The lowest BCUT2D eigenvalue weighted by Gasteiger charge is -2.33. The van der Waals surface area contributed by atoms with Crippen molar-refractivity contribution in [3.8, 4) is 0 Å². The highest BCUT2D eigenvalue weighted by atomic mass is 32.2. The third-order valence-corrected chi connectivity index (χ3v) is 28.5. The minimum absolute atomic E-state index is 0.983. The predicted octanol–water partition coefficient (Wildman–Crippen LogP) is 17.5. The lowest BCUT2D eigenvalue weighted by atomic mass is 9.84. The zero-order valence-electron chi connectivity index (χ0n) is 39.9. The summed E-state index contributed by atoms with van der Waals surface area (Å²) in [6.45, 7) is 0. The fourth-order valence-corrected chi connectivity index (χ4v) is 23.8. The number of hydrogen-bond donors (Lipinski definition) is 0. The fraction of sp³-hybridized carbons (Fsp3) is 1.00. The molecule has 0 amide bonds. The van der Waals surface area contributed by atoms with Crippen molar-refractivity contribution in [2.45, 2.75) is 185 Å². The van der Waals surface area contributed by atoms with Gasteiger partial charge in [-0.25, -0.2) is 0 Å². The maximum atomic E-state index is 2.41. The summed E-state index contributed by atoms with van der Waals surface area (Å²) in [5.41, 5.74) is 0. The molecule has 0 nitrogen and oxygen atoms in total. The number of fused-ring (bicyclic) bond motifs is 3. The first-order chi connectivity index (χ1) is 30.6. The second-order valence-electron chi connectivity index (χ2n) is 23.5. The van der Waals surface area contributed by atoms with Crippen LogP contribution in [-0.2, 0) is 0 Å². The van der Waals surface area contributed by atoms with Gasteiger partial charge in [0.2, 0.25) is 0 Å². The Balaban J connectivity index is 0.710. The molecule has 11 heterocycles. The number of rotatable bonds is 0. The van der Waals surface area contributed by atoms with Gasteiger partial charge in [0.15, 0.2) is 0 Å².